The Bertz CT molecular complexity index is 1090. The van der Waals surface area contributed by atoms with Crippen molar-refractivity contribution in [2.75, 3.05) is 0 Å². The molecule has 2 aromatic rings. The fourth-order valence-corrected chi connectivity index (χ4v) is 5.31. The molecule has 0 saturated heterocycles. The summed E-state index contributed by atoms with van der Waals surface area (Å²) in [7, 11) is -18.6. The van der Waals surface area contributed by atoms with Gasteiger partial charge < -0.3 is 0 Å². The van der Waals surface area contributed by atoms with Crippen molar-refractivity contribution < 1.29 is 51.9 Å². The summed E-state index contributed by atoms with van der Waals surface area (Å²) in [6.07, 6.45) is 0. The molecule has 2 rings (SSSR count). The van der Waals surface area contributed by atoms with Gasteiger partial charge in [0.1, 0.15) is 19.6 Å². The second-order valence-corrected chi connectivity index (χ2v) is 10.4. The van der Waals surface area contributed by atoms with Gasteiger partial charge in [-0.1, -0.05) is 24.3 Å². The molecule has 0 aliphatic rings. The summed E-state index contributed by atoms with van der Waals surface area (Å²) in [5.41, 5.74) is 0. The fourth-order valence-electron chi connectivity index (χ4n) is 1.75. The topological polar surface area (TPSA) is 217 Å². The quantitative estimate of drug-likeness (QED) is 0.312. The molecule has 0 saturated carbocycles. The Kier molecular flexibility index (Phi) is 10.3. The van der Waals surface area contributed by atoms with Crippen molar-refractivity contribution in [1.29, 1.82) is 0 Å². The molecule has 0 aliphatic heterocycles. The maximum absolute atomic E-state index is 10.7. The van der Waals surface area contributed by atoms with Crippen LogP contribution in [0.2, 0.25) is 0 Å². The van der Waals surface area contributed by atoms with E-state index in [0.717, 1.165) is 24.3 Å². The van der Waals surface area contributed by atoms with Crippen molar-refractivity contribution in [3.8, 4) is 0 Å². The molecule has 0 spiro atoms. The van der Waals surface area contributed by atoms with Crippen LogP contribution in [0.25, 0.3) is 0 Å². The molecule has 0 aromatic heterocycles. The number of benzene rings is 2. The third-order valence-corrected chi connectivity index (χ3v) is 6.72. The molecular formula is C12H12KO12S4. The average Bonchev–Trinajstić information content (AvgIpc) is 2.52. The van der Waals surface area contributed by atoms with Crippen LogP contribution in [0.4, 0.5) is 0 Å². The van der Waals surface area contributed by atoms with Crippen molar-refractivity contribution in [2.24, 2.45) is 0 Å². The van der Waals surface area contributed by atoms with E-state index in [0.29, 0.717) is 0 Å². The first kappa shape index (κ1) is 28.7. The smallest absolute Gasteiger partial charge is 0.282 e. The second kappa shape index (κ2) is 10.4. The number of hydrogen-bond acceptors (Lipinski definition) is 8. The van der Waals surface area contributed by atoms with E-state index in [2.05, 4.69) is 0 Å². The number of rotatable bonds is 4. The van der Waals surface area contributed by atoms with Gasteiger partial charge in [-0.25, -0.2) is 0 Å². The van der Waals surface area contributed by atoms with Crippen LogP contribution in [0, 0.1) is 0 Å². The standard InChI is InChI=1S/2C6H6O6S2.K/c2*7-13(8,9)5-3-1-2-4-6(5)14(10,11)12;/h2*1-4H,(H,7,8,9)(H,10,11,12);. The Morgan fingerprint density at radius 1 is 0.414 bits per heavy atom. The Hall–Kier alpha value is -0.284. The van der Waals surface area contributed by atoms with Gasteiger partial charge in [-0.05, 0) is 24.3 Å². The van der Waals surface area contributed by atoms with Gasteiger partial charge in [-0.2, -0.15) is 33.7 Å². The molecule has 0 heterocycles. The Labute approximate surface area is 209 Å². The van der Waals surface area contributed by atoms with Crippen LogP contribution in [-0.2, 0) is 40.5 Å². The zero-order valence-electron chi connectivity index (χ0n) is 14.3. The molecule has 1 radical (unpaired) electrons. The fraction of sp³-hybridized carbons (Fsp3) is 0. The van der Waals surface area contributed by atoms with Gasteiger partial charge in [-0.3, -0.25) is 18.2 Å². The van der Waals surface area contributed by atoms with Crippen molar-refractivity contribution in [1.82, 2.24) is 0 Å². The third kappa shape index (κ3) is 8.77. The second-order valence-electron chi connectivity index (χ2n) is 4.79. The normalized spacial score (nSPS) is 12.3. The molecule has 0 unspecified atom stereocenters. The Morgan fingerprint density at radius 2 is 0.552 bits per heavy atom. The van der Waals surface area contributed by atoms with E-state index in [9.17, 15) is 33.7 Å². The molecule has 0 bridgehead atoms. The summed E-state index contributed by atoms with van der Waals surface area (Å²) >= 11 is 0. The van der Waals surface area contributed by atoms with Crippen LogP contribution in [-0.4, -0.2) is 103 Å². The van der Waals surface area contributed by atoms with E-state index in [1.54, 1.807) is 0 Å². The minimum absolute atomic E-state index is 0. The van der Waals surface area contributed by atoms with Gasteiger partial charge in [0.15, 0.2) is 0 Å². The molecule has 29 heavy (non-hydrogen) atoms. The van der Waals surface area contributed by atoms with Crippen LogP contribution < -0.4 is 0 Å². The van der Waals surface area contributed by atoms with Crippen molar-refractivity contribution >= 4 is 91.9 Å². The molecule has 0 fully saturated rings. The van der Waals surface area contributed by atoms with Crippen molar-refractivity contribution in [2.45, 2.75) is 19.6 Å². The zero-order valence-corrected chi connectivity index (χ0v) is 20.7. The predicted octanol–water partition coefficient (Wildman–Crippen LogP) is -0.0208. The van der Waals surface area contributed by atoms with E-state index in [1.807, 2.05) is 0 Å². The van der Waals surface area contributed by atoms with Gasteiger partial charge in [0.2, 0.25) is 0 Å². The molecule has 4 N–H and O–H groups in total. The van der Waals surface area contributed by atoms with Gasteiger partial charge in [-0.15, -0.1) is 0 Å². The Morgan fingerprint density at radius 3 is 0.655 bits per heavy atom. The van der Waals surface area contributed by atoms with Crippen LogP contribution in [0.15, 0.2) is 68.1 Å². The van der Waals surface area contributed by atoms with Gasteiger partial charge in [0.25, 0.3) is 40.5 Å². The first-order chi connectivity index (χ1) is 12.5. The van der Waals surface area contributed by atoms with Crippen LogP contribution in [0.3, 0.4) is 0 Å². The molecule has 0 amide bonds. The van der Waals surface area contributed by atoms with E-state index >= 15 is 0 Å². The van der Waals surface area contributed by atoms with E-state index in [1.165, 1.54) is 24.3 Å². The van der Waals surface area contributed by atoms with Gasteiger partial charge >= 0.3 is 0 Å². The summed E-state index contributed by atoms with van der Waals surface area (Å²) in [5.74, 6) is 0. The van der Waals surface area contributed by atoms with E-state index < -0.39 is 60.1 Å². The third-order valence-electron chi connectivity index (χ3n) is 2.81. The minimum atomic E-state index is -4.66. The SMILES string of the molecule is O=S(=O)(O)c1ccccc1S(=O)(=O)O.O=S(=O)(O)c1ccccc1S(=O)(=O)O.[K]. The first-order valence-corrected chi connectivity index (χ1v) is 12.3. The van der Waals surface area contributed by atoms with E-state index in [4.69, 9.17) is 18.2 Å². The molecule has 17 heteroatoms. The average molecular weight is 516 g/mol. The van der Waals surface area contributed by atoms with Crippen LogP contribution in [0.1, 0.15) is 0 Å². The van der Waals surface area contributed by atoms with Crippen molar-refractivity contribution in [3.05, 3.63) is 48.5 Å². The molecular weight excluding hydrogens is 503 g/mol. The summed E-state index contributed by atoms with van der Waals surface area (Å²) < 4.78 is 120. The summed E-state index contributed by atoms with van der Waals surface area (Å²) in [6, 6.07) is 8.37. The molecule has 0 aliphatic carbocycles. The van der Waals surface area contributed by atoms with Crippen LogP contribution in [0.5, 0.6) is 0 Å². The van der Waals surface area contributed by atoms with Gasteiger partial charge in [0.05, 0.1) is 0 Å². The van der Waals surface area contributed by atoms with Gasteiger partial charge in [0, 0.05) is 51.4 Å². The Balaban J connectivity index is 0.000000523. The molecule has 2 aromatic carbocycles. The minimum Gasteiger partial charge on any atom is -0.282 e. The molecule has 157 valence electrons. The maximum Gasteiger partial charge on any atom is 0.295 e. The summed E-state index contributed by atoms with van der Waals surface area (Å²) in [6.45, 7) is 0. The summed E-state index contributed by atoms with van der Waals surface area (Å²) in [5, 5.41) is 0. The molecule has 12 nitrogen and oxygen atoms in total. The molecule has 0 atom stereocenters. The number of hydrogen-bond donors (Lipinski definition) is 4. The van der Waals surface area contributed by atoms with Crippen LogP contribution >= 0.6 is 0 Å². The van der Waals surface area contributed by atoms with E-state index in [-0.39, 0.29) is 51.4 Å². The predicted molar refractivity (Wildman–Crippen MR) is 97.9 cm³/mol. The zero-order chi connectivity index (χ0) is 22.0. The first-order valence-electron chi connectivity index (χ1n) is 6.53. The summed E-state index contributed by atoms with van der Waals surface area (Å²) in [4.78, 5) is -3.38. The largest absolute Gasteiger partial charge is 0.295 e. The maximum atomic E-state index is 10.7. The van der Waals surface area contributed by atoms with Crippen molar-refractivity contribution in [3.63, 3.8) is 0 Å². The monoisotopic (exact) mass is 515 g/mol.